The SMILES string of the molecule is C=CNc1ccn([C@H]2C[C@H](OP(=O)(O)O)[C@@H](CO)O2)c(=O)n1. The molecular formula is C11H16N3O7P. The van der Waals surface area contributed by atoms with Crippen molar-refractivity contribution in [2.45, 2.75) is 24.9 Å². The summed E-state index contributed by atoms with van der Waals surface area (Å²) in [5, 5.41) is 11.9. The van der Waals surface area contributed by atoms with Crippen LogP contribution in [0.1, 0.15) is 12.6 Å². The summed E-state index contributed by atoms with van der Waals surface area (Å²) in [6, 6.07) is 1.51. The number of rotatable bonds is 6. The minimum absolute atomic E-state index is 0.00778. The van der Waals surface area contributed by atoms with Crippen molar-refractivity contribution in [3.05, 3.63) is 35.5 Å². The van der Waals surface area contributed by atoms with E-state index in [0.717, 1.165) is 4.57 Å². The second-order valence-corrected chi connectivity index (χ2v) is 5.72. The Bertz CT molecular complexity index is 643. The Kier molecular flexibility index (Phi) is 5.12. The summed E-state index contributed by atoms with van der Waals surface area (Å²) in [6.07, 6.45) is -0.0495. The van der Waals surface area contributed by atoms with Gasteiger partial charge in [0.05, 0.1) is 6.61 Å². The molecule has 0 aromatic carbocycles. The highest BCUT2D eigenvalue weighted by Gasteiger charge is 2.40. The average Bonchev–Trinajstić information content (AvgIpc) is 2.79. The van der Waals surface area contributed by atoms with Gasteiger partial charge >= 0.3 is 13.5 Å². The fraction of sp³-hybridized carbons (Fsp3) is 0.455. The van der Waals surface area contributed by atoms with Gasteiger partial charge in [0.15, 0.2) is 0 Å². The Labute approximate surface area is 125 Å². The fourth-order valence-corrected chi connectivity index (χ4v) is 2.71. The van der Waals surface area contributed by atoms with E-state index in [9.17, 15) is 14.5 Å². The van der Waals surface area contributed by atoms with Crippen molar-refractivity contribution in [3.8, 4) is 0 Å². The number of phosphoric acid groups is 1. The highest BCUT2D eigenvalue weighted by molar-refractivity contribution is 7.46. The Hall–Kier alpha value is -1.55. The summed E-state index contributed by atoms with van der Waals surface area (Å²) >= 11 is 0. The second kappa shape index (κ2) is 6.69. The zero-order valence-corrected chi connectivity index (χ0v) is 12.3. The first-order valence-corrected chi connectivity index (χ1v) is 7.84. The highest BCUT2D eigenvalue weighted by atomic mass is 31.2. The van der Waals surface area contributed by atoms with E-state index >= 15 is 0 Å². The summed E-state index contributed by atoms with van der Waals surface area (Å²) in [4.78, 5) is 33.4. The standard InChI is InChI=1S/C11H16N3O7P/c1-2-12-9-3-4-14(11(16)13-9)10-5-7(8(6-15)20-10)21-22(17,18)19/h2-4,7-8,10,15H,1,5-6H2,(H,12,13,16)(H2,17,18,19)/t7-,8+,10+/m0/s1. The molecule has 1 saturated heterocycles. The van der Waals surface area contributed by atoms with E-state index in [4.69, 9.17) is 14.5 Å². The number of nitrogens with zero attached hydrogens (tertiary/aromatic N) is 2. The maximum atomic E-state index is 11.9. The number of aromatic nitrogens is 2. The first-order valence-electron chi connectivity index (χ1n) is 6.31. The van der Waals surface area contributed by atoms with Crippen LogP contribution in [0.4, 0.5) is 5.82 Å². The lowest BCUT2D eigenvalue weighted by Crippen LogP contribution is -2.28. The summed E-state index contributed by atoms with van der Waals surface area (Å²) < 4.78 is 22.0. The van der Waals surface area contributed by atoms with Gasteiger partial charge < -0.3 is 24.9 Å². The van der Waals surface area contributed by atoms with E-state index in [1.165, 1.54) is 18.5 Å². The van der Waals surface area contributed by atoms with Crippen molar-refractivity contribution in [1.29, 1.82) is 0 Å². The lowest BCUT2D eigenvalue weighted by atomic mass is 10.2. The first kappa shape index (κ1) is 16.8. The van der Waals surface area contributed by atoms with Crippen LogP contribution in [-0.4, -0.2) is 43.3 Å². The maximum absolute atomic E-state index is 11.9. The molecule has 22 heavy (non-hydrogen) atoms. The van der Waals surface area contributed by atoms with Gasteiger partial charge in [0.2, 0.25) is 0 Å². The Morgan fingerprint density at radius 1 is 1.64 bits per heavy atom. The van der Waals surface area contributed by atoms with Crippen molar-refractivity contribution in [1.82, 2.24) is 9.55 Å². The number of nitrogens with one attached hydrogen (secondary N) is 1. The molecule has 1 aliphatic heterocycles. The van der Waals surface area contributed by atoms with Crippen LogP contribution in [0.3, 0.4) is 0 Å². The van der Waals surface area contributed by atoms with Crippen LogP contribution in [0, 0.1) is 0 Å². The predicted molar refractivity (Wildman–Crippen MR) is 74.8 cm³/mol. The molecule has 0 spiro atoms. The number of aliphatic hydroxyl groups is 1. The van der Waals surface area contributed by atoms with E-state index in [0.29, 0.717) is 5.82 Å². The van der Waals surface area contributed by atoms with Crippen LogP contribution in [0.25, 0.3) is 0 Å². The van der Waals surface area contributed by atoms with E-state index in [2.05, 4.69) is 21.4 Å². The Morgan fingerprint density at radius 3 is 2.91 bits per heavy atom. The van der Waals surface area contributed by atoms with E-state index in [1.54, 1.807) is 0 Å². The van der Waals surface area contributed by atoms with Gasteiger partial charge in [-0.25, -0.2) is 9.36 Å². The van der Waals surface area contributed by atoms with Crippen molar-refractivity contribution < 1.29 is 28.7 Å². The molecular weight excluding hydrogens is 317 g/mol. The molecule has 3 atom stereocenters. The third kappa shape index (κ3) is 4.01. The number of phosphoric ester groups is 1. The summed E-state index contributed by atoms with van der Waals surface area (Å²) in [6.45, 7) is 2.95. The van der Waals surface area contributed by atoms with Crippen LogP contribution in [0.15, 0.2) is 29.8 Å². The topological polar surface area (TPSA) is 143 Å². The van der Waals surface area contributed by atoms with Gasteiger partial charge in [-0.2, -0.15) is 4.98 Å². The van der Waals surface area contributed by atoms with Crippen LogP contribution < -0.4 is 11.0 Å². The minimum atomic E-state index is -4.73. The molecule has 0 radical (unpaired) electrons. The summed E-state index contributed by atoms with van der Waals surface area (Å²) in [7, 11) is -4.73. The van der Waals surface area contributed by atoms with Gasteiger partial charge in [-0.05, 0) is 12.3 Å². The number of hydrogen-bond donors (Lipinski definition) is 4. The number of ether oxygens (including phenoxy) is 1. The van der Waals surface area contributed by atoms with Gasteiger partial charge in [0, 0.05) is 12.6 Å². The molecule has 1 fully saturated rings. The molecule has 1 aliphatic rings. The molecule has 10 nitrogen and oxygen atoms in total. The van der Waals surface area contributed by atoms with Gasteiger partial charge in [-0.15, -0.1) is 0 Å². The van der Waals surface area contributed by atoms with Crippen LogP contribution in [0.2, 0.25) is 0 Å². The Morgan fingerprint density at radius 2 is 2.36 bits per heavy atom. The largest absolute Gasteiger partial charge is 0.469 e. The number of aliphatic hydroxyl groups excluding tert-OH is 1. The van der Waals surface area contributed by atoms with Crippen molar-refractivity contribution in [2.75, 3.05) is 11.9 Å². The average molecular weight is 333 g/mol. The quantitative estimate of drug-likeness (QED) is 0.509. The molecule has 1 aromatic heterocycles. The van der Waals surface area contributed by atoms with Gasteiger partial charge in [0.25, 0.3) is 0 Å². The molecule has 0 amide bonds. The molecule has 4 N–H and O–H groups in total. The molecule has 2 heterocycles. The van der Waals surface area contributed by atoms with E-state index in [1.807, 2.05) is 0 Å². The zero-order chi connectivity index (χ0) is 16.3. The third-order valence-electron chi connectivity index (χ3n) is 3.02. The summed E-state index contributed by atoms with van der Waals surface area (Å²) in [5.41, 5.74) is -0.620. The van der Waals surface area contributed by atoms with E-state index < -0.39 is 38.6 Å². The number of hydrogen-bond acceptors (Lipinski definition) is 7. The van der Waals surface area contributed by atoms with Crippen molar-refractivity contribution in [3.63, 3.8) is 0 Å². The predicted octanol–water partition coefficient (Wildman–Crippen LogP) is -0.444. The normalized spacial score (nSPS) is 25.1. The minimum Gasteiger partial charge on any atom is -0.394 e. The molecule has 0 aliphatic carbocycles. The molecule has 11 heteroatoms. The molecule has 122 valence electrons. The Balaban J connectivity index is 2.18. The highest BCUT2D eigenvalue weighted by Crippen LogP contribution is 2.43. The molecule has 2 rings (SSSR count). The zero-order valence-electron chi connectivity index (χ0n) is 11.4. The maximum Gasteiger partial charge on any atom is 0.469 e. The second-order valence-electron chi connectivity index (χ2n) is 4.53. The van der Waals surface area contributed by atoms with Gasteiger partial charge in [0.1, 0.15) is 24.3 Å². The molecule has 0 saturated carbocycles. The number of anilines is 1. The lowest BCUT2D eigenvalue weighted by molar-refractivity contribution is -0.0452. The fourth-order valence-electron chi connectivity index (χ4n) is 2.14. The molecule has 0 unspecified atom stereocenters. The smallest absolute Gasteiger partial charge is 0.394 e. The van der Waals surface area contributed by atoms with E-state index in [-0.39, 0.29) is 6.42 Å². The summed E-state index contributed by atoms with van der Waals surface area (Å²) in [5.74, 6) is 0.302. The van der Waals surface area contributed by atoms with Crippen molar-refractivity contribution >= 4 is 13.6 Å². The van der Waals surface area contributed by atoms with Gasteiger partial charge in [-0.3, -0.25) is 9.09 Å². The molecule has 1 aromatic rings. The lowest BCUT2D eigenvalue weighted by Gasteiger charge is -2.16. The van der Waals surface area contributed by atoms with Crippen LogP contribution >= 0.6 is 7.82 Å². The monoisotopic (exact) mass is 333 g/mol. The third-order valence-corrected chi connectivity index (χ3v) is 3.57. The van der Waals surface area contributed by atoms with Crippen LogP contribution in [-0.2, 0) is 13.8 Å². The first-order chi connectivity index (χ1) is 10.3. The van der Waals surface area contributed by atoms with Gasteiger partial charge in [-0.1, -0.05) is 6.58 Å². The molecule has 0 bridgehead atoms. The van der Waals surface area contributed by atoms with Crippen molar-refractivity contribution in [2.24, 2.45) is 0 Å². The van der Waals surface area contributed by atoms with Crippen LogP contribution in [0.5, 0.6) is 0 Å².